The van der Waals surface area contributed by atoms with Crippen molar-refractivity contribution in [2.45, 2.75) is 32.7 Å². The highest BCUT2D eigenvalue weighted by Gasteiger charge is 2.18. The lowest BCUT2D eigenvalue weighted by Gasteiger charge is -2.17. The molecule has 0 saturated heterocycles. The lowest BCUT2D eigenvalue weighted by molar-refractivity contribution is -0.125. The molecule has 0 saturated carbocycles. The summed E-state index contributed by atoms with van der Waals surface area (Å²) in [7, 11) is 0. The molecule has 1 atom stereocenters. The summed E-state index contributed by atoms with van der Waals surface area (Å²) in [6.07, 6.45) is 7.20. The number of carbonyl (C=O) groups is 1. The minimum atomic E-state index is 0.185. The highest BCUT2D eigenvalue weighted by atomic mass is 32.1. The Morgan fingerprint density at radius 2 is 2.44 bits per heavy atom. The van der Waals surface area contributed by atoms with E-state index in [9.17, 15) is 4.79 Å². The van der Waals surface area contributed by atoms with E-state index in [1.165, 1.54) is 10.4 Å². The molecule has 0 aromatic carbocycles. The summed E-state index contributed by atoms with van der Waals surface area (Å²) in [5, 5.41) is 5.10. The second kappa shape index (κ2) is 5.30. The molecule has 0 radical (unpaired) electrons. The Morgan fingerprint density at radius 1 is 1.56 bits per heavy atom. The summed E-state index contributed by atoms with van der Waals surface area (Å²) in [4.78, 5) is 13.1. The number of amides is 1. The average molecular weight is 235 g/mol. The van der Waals surface area contributed by atoms with E-state index in [-0.39, 0.29) is 11.8 Å². The van der Waals surface area contributed by atoms with Gasteiger partial charge in [-0.25, -0.2) is 0 Å². The summed E-state index contributed by atoms with van der Waals surface area (Å²) in [6, 6.07) is 2.09. The van der Waals surface area contributed by atoms with Crippen LogP contribution in [-0.4, -0.2) is 5.91 Å². The van der Waals surface area contributed by atoms with Gasteiger partial charge in [0.25, 0.3) is 0 Å². The van der Waals surface area contributed by atoms with Gasteiger partial charge in [0, 0.05) is 10.8 Å². The van der Waals surface area contributed by atoms with Crippen LogP contribution in [0.2, 0.25) is 0 Å². The molecular weight excluding hydrogens is 218 g/mol. The topological polar surface area (TPSA) is 29.1 Å². The number of nitrogens with one attached hydrogen (secondary N) is 1. The third-order valence-electron chi connectivity index (χ3n) is 3.03. The Morgan fingerprint density at radius 3 is 3.06 bits per heavy atom. The first-order valence-electron chi connectivity index (χ1n) is 5.73. The van der Waals surface area contributed by atoms with E-state index in [4.69, 9.17) is 0 Å². The van der Waals surface area contributed by atoms with Crippen LogP contribution in [0.3, 0.4) is 0 Å². The smallest absolute Gasteiger partial charge is 0.223 e. The van der Waals surface area contributed by atoms with Gasteiger partial charge in [0.15, 0.2) is 0 Å². The van der Waals surface area contributed by atoms with Gasteiger partial charge in [-0.1, -0.05) is 12.2 Å². The quantitative estimate of drug-likeness (QED) is 0.802. The van der Waals surface area contributed by atoms with Crippen LogP contribution in [0.15, 0.2) is 23.6 Å². The molecule has 2 rings (SSSR count). The Balaban J connectivity index is 1.84. The summed E-state index contributed by atoms with van der Waals surface area (Å²) in [6.45, 7) is 2.77. The molecule has 1 N–H and O–H groups in total. The maximum Gasteiger partial charge on any atom is 0.223 e. The summed E-state index contributed by atoms with van der Waals surface area (Å²) in [5.41, 5.74) is 1.27. The highest BCUT2D eigenvalue weighted by Crippen LogP contribution is 2.19. The monoisotopic (exact) mass is 235 g/mol. The van der Waals surface area contributed by atoms with Gasteiger partial charge in [0.05, 0.1) is 6.54 Å². The van der Waals surface area contributed by atoms with Crippen LogP contribution in [0.4, 0.5) is 0 Å². The van der Waals surface area contributed by atoms with Crippen molar-refractivity contribution in [1.82, 2.24) is 5.32 Å². The van der Waals surface area contributed by atoms with Crippen LogP contribution in [0, 0.1) is 12.8 Å². The van der Waals surface area contributed by atoms with Crippen LogP contribution in [0.5, 0.6) is 0 Å². The second-order valence-corrected chi connectivity index (χ2v) is 5.23. The summed E-state index contributed by atoms with van der Waals surface area (Å²) in [5.74, 6) is 0.391. The van der Waals surface area contributed by atoms with Gasteiger partial charge in [-0.05, 0) is 43.2 Å². The molecule has 1 aromatic heterocycles. The summed E-state index contributed by atoms with van der Waals surface area (Å²) >= 11 is 1.71. The average Bonchev–Trinajstić information content (AvgIpc) is 2.73. The van der Waals surface area contributed by atoms with Crippen molar-refractivity contribution in [2.24, 2.45) is 5.92 Å². The van der Waals surface area contributed by atoms with Gasteiger partial charge in [0.1, 0.15) is 0 Å². The van der Waals surface area contributed by atoms with Gasteiger partial charge in [-0.2, -0.15) is 0 Å². The van der Waals surface area contributed by atoms with Crippen molar-refractivity contribution in [3.8, 4) is 0 Å². The lowest BCUT2D eigenvalue weighted by Crippen LogP contribution is -2.30. The second-order valence-electron chi connectivity index (χ2n) is 4.23. The van der Waals surface area contributed by atoms with Gasteiger partial charge in [0.2, 0.25) is 5.91 Å². The van der Waals surface area contributed by atoms with E-state index in [0.717, 1.165) is 19.3 Å². The molecule has 16 heavy (non-hydrogen) atoms. The standard InChI is InChI=1S/C13H17NOS/c1-10-7-8-16-12(10)9-14-13(15)11-5-3-2-4-6-11/h2-3,7-8,11H,4-6,9H2,1H3,(H,14,15). The number of allylic oxidation sites excluding steroid dienone is 2. The van der Waals surface area contributed by atoms with Crippen molar-refractivity contribution in [1.29, 1.82) is 0 Å². The van der Waals surface area contributed by atoms with E-state index in [1.54, 1.807) is 11.3 Å². The largest absolute Gasteiger partial charge is 0.351 e. The fourth-order valence-electron chi connectivity index (χ4n) is 1.93. The lowest BCUT2D eigenvalue weighted by atomic mass is 9.94. The van der Waals surface area contributed by atoms with Gasteiger partial charge < -0.3 is 5.32 Å². The zero-order valence-electron chi connectivity index (χ0n) is 9.53. The number of aryl methyl sites for hydroxylation is 1. The van der Waals surface area contributed by atoms with E-state index in [2.05, 4.69) is 35.8 Å². The fraction of sp³-hybridized carbons (Fsp3) is 0.462. The molecule has 1 heterocycles. The van der Waals surface area contributed by atoms with Gasteiger partial charge in [-0.3, -0.25) is 4.79 Å². The SMILES string of the molecule is Cc1ccsc1CNC(=O)C1CC=CCC1. The van der Waals surface area contributed by atoms with Crippen LogP contribution >= 0.6 is 11.3 Å². The normalized spacial score (nSPS) is 19.7. The Bertz CT molecular complexity index is 394. The van der Waals surface area contributed by atoms with Crippen molar-refractivity contribution in [3.05, 3.63) is 34.0 Å². The molecule has 0 fully saturated rings. The molecule has 1 unspecified atom stereocenters. The van der Waals surface area contributed by atoms with Crippen LogP contribution < -0.4 is 5.32 Å². The van der Waals surface area contributed by atoms with E-state index < -0.39 is 0 Å². The summed E-state index contributed by atoms with van der Waals surface area (Å²) < 4.78 is 0. The molecule has 1 amide bonds. The van der Waals surface area contributed by atoms with E-state index in [0.29, 0.717) is 6.54 Å². The van der Waals surface area contributed by atoms with Crippen LogP contribution in [0.25, 0.3) is 0 Å². The molecule has 0 spiro atoms. The predicted molar refractivity (Wildman–Crippen MR) is 67.4 cm³/mol. The molecular formula is C13H17NOS. The number of rotatable bonds is 3. The zero-order valence-corrected chi connectivity index (χ0v) is 10.3. The third-order valence-corrected chi connectivity index (χ3v) is 4.05. The minimum Gasteiger partial charge on any atom is -0.351 e. The first-order chi connectivity index (χ1) is 7.77. The molecule has 0 bridgehead atoms. The molecule has 2 nitrogen and oxygen atoms in total. The maximum absolute atomic E-state index is 11.9. The molecule has 1 aliphatic rings. The van der Waals surface area contributed by atoms with Crippen molar-refractivity contribution in [2.75, 3.05) is 0 Å². The van der Waals surface area contributed by atoms with Crippen molar-refractivity contribution >= 4 is 17.2 Å². The van der Waals surface area contributed by atoms with Gasteiger partial charge in [-0.15, -0.1) is 11.3 Å². The zero-order chi connectivity index (χ0) is 11.4. The number of hydrogen-bond acceptors (Lipinski definition) is 2. The first kappa shape index (κ1) is 11.4. The van der Waals surface area contributed by atoms with Crippen LogP contribution in [0.1, 0.15) is 29.7 Å². The fourth-order valence-corrected chi connectivity index (χ4v) is 2.77. The first-order valence-corrected chi connectivity index (χ1v) is 6.61. The molecule has 3 heteroatoms. The number of thiophene rings is 1. The Hall–Kier alpha value is -1.09. The molecule has 1 aromatic rings. The Labute approximate surface area is 100 Å². The third kappa shape index (κ3) is 2.73. The minimum absolute atomic E-state index is 0.185. The Kier molecular flexibility index (Phi) is 3.78. The van der Waals surface area contributed by atoms with Crippen molar-refractivity contribution < 1.29 is 4.79 Å². The number of carbonyl (C=O) groups excluding carboxylic acids is 1. The van der Waals surface area contributed by atoms with Crippen molar-refractivity contribution in [3.63, 3.8) is 0 Å². The van der Waals surface area contributed by atoms with E-state index in [1.807, 2.05) is 0 Å². The maximum atomic E-state index is 11.9. The number of hydrogen-bond donors (Lipinski definition) is 1. The molecule has 86 valence electrons. The highest BCUT2D eigenvalue weighted by molar-refractivity contribution is 7.10. The molecule has 1 aliphatic carbocycles. The van der Waals surface area contributed by atoms with Gasteiger partial charge >= 0.3 is 0 Å². The molecule has 0 aliphatic heterocycles. The van der Waals surface area contributed by atoms with E-state index >= 15 is 0 Å². The van der Waals surface area contributed by atoms with Crippen LogP contribution in [-0.2, 0) is 11.3 Å². The predicted octanol–water partition coefficient (Wildman–Crippen LogP) is 3.03.